The van der Waals surface area contributed by atoms with Gasteiger partial charge >= 0.3 is 6.09 Å². The number of piperidine rings is 1. The molecule has 0 bridgehead atoms. The van der Waals surface area contributed by atoms with Crippen LogP contribution in [0.15, 0.2) is 66.7 Å². The Morgan fingerprint density at radius 2 is 1.85 bits per heavy atom. The van der Waals surface area contributed by atoms with E-state index >= 15 is 0 Å². The fourth-order valence-electron chi connectivity index (χ4n) is 5.84. The minimum atomic E-state index is -1.33. The van der Waals surface area contributed by atoms with E-state index in [4.69, 9.17) is 22.4 Å². The van der Waals surface area contributed by atoms with Gasteiger partial charge in [-0.25, -0.2) is 4.79 Å². The summed E-state index contributed by atoms with van der Waals surface area (Å²) in [5.41, 5.74) is 9.81. The van der Waals surface area contributed by atoms with E-state index in [1.807, 2.05) is 78.6 Å². The molecular weight excluding hydrogens is 526 g/mol. The van der Waals surface area contributed by atoms with Gasteiger partial charge in [-0.2, -0.15) is 0 Å². The maximum absolute atomic E-state index is 13.4. The molecule has 0 aliphatic carbocycles. The van der Waals surface area contributed by atoms with Crippen LogP contribution in [0.2, 0.25) is 5.02 Å². The summed E-state index contributed by atoms with van der Waals surface area (Å²) >= 11 is 6.78. The molecule has 5 N–H and O–H groups in total. The number of nitrogens with zero attached hydrogens (tertiary/aromatic N) is 1. The lowest BCUT2D eigenvalue weighted by Gasteiger charge is -2.44. The number of hydrogen-bond acceptors (Lipinski definition) is 4. The van der Waals surface area contributed by atoms with E-state index in [9.17, 15) is 14.7 Å². The number of carboxylic acid groups (broad SMARTS) is 1. The predicted molar refractivity (Wildman–Crippen MR) is 158 cm³/mol. The topological polar surface area (TPSA) is 116 Å². The molecule has 1 heterocycles. The molecule has 40 heavy (non-hydrogen) atoms. The second-order valence-electron chi connectivity index (χ2n) is 10.7. The molecule has 8 heteroatoms. The fraction of sp³-hybridized carbons (Fsp3) is 0.375. The summed E-state index contributed by atoms with van der Waals surface area (Å²) in [6.07, 6.45) is 1.41. The standard InChI is InChI=1S/C32H38ClN3O4/c1-22-7-2-10-25(17-22)30-27(12-4-13-28(30)33)32(40,14-6-15-35-31(38)39)26-11-5-16-36(21-26)29(37)19-23-8-3-9-24(18-23)20-34/h2-4,7-10,12-13,17-18,26,35,40H,5-6,11,14-16,19-21,34H2,1H3,(H,38,39). The largest absolute Gasteiger partial charge is 0.465 e. The molecular formula is C32H38ClN3O4. The monoisotopic (exact) mass is 563 g/mol. The highest BCUT2D eigenvalue weighted by atomic mass is 35.5. The van der Waals surface area contributed by atoms with Crippen molar-refractivity contribution in [2.45, 2.75) is 51.2 Å². The summed E-state index contributed by atoms with van der Waals surface area (Å²) < 4.78 is 0. The number of aryl methyl sites for hydroxylation is 1. The molecule has 0 aromatic heterocycles. The van der Waals surface area contributed by atoms with Crippen molar-refractivity contribution in [3.05, 3.63) is 94.0 Å². The molecule has 0 radical (unpaired) electrons. The Morgan fingerprint density at radius 3 is 2.60 bits per heavy atom. The number of hydrogen-bond donors (Lipinski definition) is 4. The average molecular weight is 564 g/mol. The van der Waals surface area contributed by atoms with Gasteiger partial charge in [0.25, 0.3) is 0 Å². The third-order valence-electron chi connectivity index (χ3n) is 7.83. The second kappa shape index (κ2) is 13.3. The lowest BCUT2D eigenvalue weighted by Crippen LogP contribution is -2.49. The number of likely N-dealkylation sites (tertiary alicyclic amines) is 1. The molecule has 2 atom stereocenters. The Morgan fingerprint density at radius 1 is 1.10 bits per heavy atom. The van der Waals surface area contributed by atoms with Gasteiger partial charge in [0.2, 0.25) is 5.91 Å². The highest BCUT2D eigenvalue weighted by Gasteiger charge is 2.42. The first kappa shape index (κ1) is 29.6. The molecule has 2 unspecified atom stereocenters. The smallest absolute Gasteiger partial charge is 0.404 e. The van der Waals surface area contributed by atoms with Gasteiger partial charge in [0.05, 0.1) is 12.0 Å². The first-order chi connectivity index (χ1) is 19.2. The maximum Gasteiger partial charge on any atom is 0.404 e. The third-order valence-corrected chi connectivity index (χ3v) is 8.14. The normalized spacial score (nSPS) is 16.8. The number of aliphatic hydroxyl groups is 1. The molecule has 1 fully saturated rings. The molecule has 0 saturated carbocycles. The van der Waals surface area contributed by atoms with Gasteiger partial charge in [-0.3, -0.25) is 4.79 Å². The summed E-state index contributed by atoms with van der Waals surface area (Å²) in [7, 11) is 0. The maximum atomic E-state index is 13.4. The minimum absolute atomic E-state index is 0.0127. The zero-order chi connectivity index (χ0) is 28.7. The average Bonchev–Trinajstić information content (AvgIpc) is 2.95. The number of carbonyl (C=O) groups excluding carboxylic acids is 1. The molecule has 212 valence electrons. The molecule has 3 aromatic carbocycles. The van der Waals surface area contributed by atoms with Gasteiger partial charge in [0.15, 0.2) is 0 Å². The number of benzene rings is 3. The van der Waals surface area contributed by atoms with Crippen LogP contribution >= 0.6 is 11.6 Å². The lowest BCUT2D eigenvalue weighted by atomic mass is 9.72. The van der Waals surface area contributed by atoms with E-state index in [1.54, 1.807) is 0 Å². The van der Waals surface area contributed by atoms with Crippen molar-refractivity contribution in [2.75, 3.05) is 19.6 Å². The second-order valence-corrected chi connectivity index (χ2v) is 11.1. The predicted octanol–water partition coefficient (Wildman–Crippen LogP) is 5.49. The number of nitrogens with two attached hydrogens (primary N) is 1. The SMILES string of the molecule is Cc1cccc(-c2c(Cl)cccc2C(O)(CCCNC(=O)O)C2CCCN(C(=O)Cc3cccc(CN)c3)C2)c1. The van der Waals surface area contributed by atoms with E-state index in [0.717, 1.165) is 40.7 Å². The quantitative estimate of drug-likeness (QED) is 0.243. The van der Waals surface area contributed by atoms with Crippen molar-refractivity contribution in [1.82, 2.24) is 10.2 Å². The van der Waals surface area contributed by atoms with Crippen LogP contribution in [0, 0.1) is 12.8 Å². The van der Waals surface area contributed by atoms with E-state index < -0.39 is 11.7 Å². The van der Waals surface area contributed by atoms with E-state index in [1.165, 1.54) is 0 Å². The summed E-state index contributed by atoms with van der Waals surface area (Å²) in [6.45, 7) is 3.67. The van der Waals surface area contributed by atoms with E-state index in [2.05, 4.69) is 5.32 Å². The third kappa shape index (κ3) is 7.02. The first-order valence-electron chi connectivity index (χ1n) is 13.8. The fourth-order valence-corrected chi connectivity index (χ4v) is 6.12. The highest BCUT2D eigenvalue weighted by Crippen LogP contribution is 2.45. The van der Waals surface area contributed by atoms with Crippen molar-refractivity contribution >= 4 is 23.6 Å². The zero-order valence-electron chi connectivity index (χ0n) is 22.9. The Balaban J connectivity index is 1.66. The zero-order valence-corrected chi connectivity index (χ0v) is 23.7. The number of amides is 2. The van der Waals surface area contributed by atoms with Crippen LogP contribution in [0.25, 0.3) is 11.1 Å². The lowest BCUT2D eigenvalue weighted by molar-refractivity contribution is -0.136. The number of nitrogens with one attached hydrogen (secondary N) is 1. The van der Waals surface area contributed by atoms with Crippen LogP contribution in [0.1, 0.15) is 47.9 Å². The number of halogens is 1. The van der Waals surface area contributed by atoms with Crippen LogP contribution in [0.4, 0.5) is 4.79 Å². The molecule has 1 aliphatic rings. The van der Waals surface area contributed by atoms with Crippen LogP contribution in [0.3, 0.4) is 0 Å². The van der Waals surface area contributed by atoms with Gasteiger partial charge in [-0.05, 0) is 60.9 Å². The van der Waals surface area contributed by atoms with Gasteiger partial charge in [-0.1, -0.05) is 77.8 Å². The van der Waals surface area contributed by atoms with Crippen molar-refractivity contribution in [1.29, 1.82) is 0 Å². The highest BCUT2D eigenvalue weighted by molar-refractivity contribution is 6.33. The summed E-state index contributed by atoms with van der Waals surface area (Å²) in [6, 6.07) is 21.3. The van der Waals surface area contributed by atoms with Gasteiger partial charge < -0.3 is 26.2 Å². The number of rotatable bonds is 10. The summed E-state index contributed by atoms with van der Waals surface area (Å²) in [5, 5.41) is 24.6. The van der Waals surface area contributed by atoms with Crippen molar-refractivity contribution < 1.29 is 19.8 Å². The van der Waals surface area contributed by atoms with Crippen LogP contribution in [-0.2, 0) is 23.4 Å². The van der Waals surface area contributed by atoms with Crippen molar-refractivity contribution in [3.8, 4) is 11.1 Å². The Labute approximate surface area is 241 Å². The van der Waals surface area contributed by atoms with Crippen LogP contribution < -0.4 is 11.1 Å². The van der Waals surface area contributed by atoms with Gasteiger partial charge in [0, 0.05) is 42.7 Å². The molecule has 0 spiro atoms. The molecule has 3 aromatic rings. The van der Waals surface area contributed by atoms with Crippen molar-refractivity contribution in [3.63, 3.8) is 0 Å². The Hall–Kier alpha value is -3.39. The Kier molecular flexibility index (Phi) is 9.85. The summed E-state index contributed by atoms with van der Waals surface area (Å²) in [5.74, 6) is -0.244. The van der Waals surface area contributed by atoms with Gasteiger partial charge in [-0.15, -0.1) is 0 Å². The summed E-state index contributed by atoms with van der Waals surface area (Å²) in [4.78, 5) is 26.3. The molecule has 1 aliphatic heterocycles. The Bertz CT molecular complexity index is 1350. The van der Waals surface area contributed by atoms with Crippen LogP contribution in [0.5, 0.6) is 0 Å². The molecule has 4 rings (SSSR count). The van der Waals surface area contributed by atoms with Gasteiger partial charge in [0.1, 0.15) is 0 Å². The van der Waals surface area contributed by atoms with Crippen molar-refractivity contribution in [2.24, 2.45) is 11.7 Å². The molecule has 2 amide bonds. The molecule has 7 nitrogen and oxygen atoms in total. The van der Waals surface area contributed by atoms with E-state index in [-0.39, 0.29) is 24.8 Å². The van der Waals surface area contributed by atoms with E-state index in [0.29, 0.717) is 43.1 Å². The minimum Gasteiger partial charge on any atom is -0.465 e. The number of carbonyl (C=O) groups is 2. The van der Waals surface area contributed by atoms with Crippen LogP contribution in [-0.4, -0.2) is 46.7 Å². The first-order valence-corrected chi connectivity index (χ1v) is 14.2. The molecule has 1 saturated heterocycles.